The van der Waals surface area contributed by atoms with Crippen LogP contribution in [0.25, 0.3) is 0 Å². The van der Waals surface area contributed by atoms with Gasteiger partial charge < -0.3 is 4.90 Å². The first-order valence-corrected chi connectivity index (χ1v) is 9.51. The van der Waals surface area contributed by atoms with Crippen LogP contribution in [0.4, 0.5) is 19.0 Å². The Morgan fingerprint density at radius 1 is 1.23 bits per heavy atom. The molecule has 1 unspecified atom stereocenters. The van der Waals surface area contributed by atoms with E-state index in [2.05, 4.69) is 9.71 Å². The normalized spacial score (nSPS) is 18.3. The third-order valence-electron chi connectivity index (χ3n) is 4.21. The third-order valence-corrected chi connectivity index (χ3v) is 5.73. The van der Waals surface area contributed by atoms with Gasteiger partial charge in [-0.3, -0.25) is 0 Å². The number of nitrogens with one attached hydrogen (secondary N) is 1. The van der Waals surface area contributed by atoms with Gasteiger partial charge in [0.2, 0.25) is 10.0 Å². The molecule has 2 heterocycles. The van der Waals surface area contributed by atoms with E-state index in [4.69, 9.17) is 0 Å². The highest BCUT2D eigenvalue weighted by atomic mass is 32.2. The van der Waals surface area contributed by atoms with Gasteiger partial charge in [0, 0.05) is 25.3 Å². The van der Waals surface area contributed by atoms with Crippen LogP contribution in [0.5, 0.6) is 0 Å². The molecule has 1 fully saturated rings. The quantitative estimate of drug-likeness (QED) is 0.879. The van der Waals surface area contributed by atoms with Gasteiger partial charge in [0.15, 0.2) is 0 Å². The summed E-state index contributed by atoms with van der Waals surface area (Å²) in [5.74, 6) is 0.398. The molecular formula is C17H18F3N3O2S. The van der Waals surface area contributed by atoms with Gasteiger partial charge in [0.05, 0.1) is 10.5 Å². The monoisotopic (exact) mass is 385 g/mol. The number of anilines is 1. The molecule has 140 valence electrons. The van der Waals surface area contributed by atoms with Gasteiger partial charge >= 0.3 is 6.18 Å². The second-order valence-corrected chi connectivity index (χ2v) is 7.99. The molecule has 1 aromatic heterocycles. The molecule has 1 saturated heterocycles. The van der Waals surface area contributed by atoms with E-state index in [1.54, 1.807) is 17.0 Å². The Kier molecular flexibility index (Phi) is 4.94. The number of hydrogen-bond acceptors (Lipinski definition) is 4. The van der Waals surface area contributed by atoms with E-state index in [1.807, 2.05) is 13.0 Å². The Balaban J connectivity index is 1.67. The summed E-state index contributed by atoms with van der Waals surface area (Å²) in [4.78, 5) is 5.82. The summed E-state index contributed by atoms with van der Waals surface area (Å²) >= 11 is 0. The molecule has 26 heavy (non-hydrogen) atoms. The van der Waals surface area contributed by atoms with Gasteiger partial charge in [-0.1, -0.05) is 12.1 Å². The lowest BCUT2D eigenvalue weighted by molar-refractivity contribution is -0.137. The molecule has 0 aliphatic carbocycles. The van der Waals surface area contributed by atoms with Crippen LogP contribution in [-0.4, -0.2) is 32.5 Å². The molecule has 3 rings (SSSR count). The number of hydrogen-bond donors (Lipinski definition) is 1. The summed E-state index contributed by atoms with van der Waals surface area (Å²) in [5.41, 5.74) is 0.0343. The van der Waals surface area contributed by atoms with Crippen molar-refractivity contribution in [3.63, 3.8) is 0 Å². The summed E-state index contributed by atoms with van der Waals surface area (Å²) in [6.07, 6.45) is -3.09. The van der Waals surface area contributed by atoms with E-state index in [9.17, 15) is 21.6 Å². The standard InChI is InChI=1S/C17H18F3N3O2S/c1-12-3-2-4-15(9-12)26(24,25)22-14-7-8-23(11-14)16-6-5-13(10-21-16)17(18,19)20/h2-6,9-10,14,22H,7-8,11H2,1H3. The number of halogens is 3. The topological polar surface area (TPSA) is 62.3 Å². The Morgan fingerprint density at radius 3 is 2.62 bits per heavy atom. The molecular weight excluding hydrogens is 367 g/mol. The first kappa shape index (κ1) is 18.7. The van der Waals surface area contributed by atoms with Gasteiger partial charge in [-0.15, -0.1) is 0 Å². The zero-order valence-corrected chi connectivity index (χ0v) is 14.8. The molecule has 0 saturated carbocycles. The molecule has 1 aliphatic heterocycles. The van der Waals surface area contributed by atoms with Gasteiger partial charge in [-0.25, -0.2) is 18.1 Å². The zero-order chi connectivity index (χ0) is 18.9. The van der Waals surface area contributed by atoms with E-state index >= 15 is 0 Å². The fourth-order valence-electron chi connectivity index (χ4n) is 2.88. The highest BCUT2D eigenvalue weighted by Crippen LogP contribution is 2.30. The minimum Gasteiger partial charge on any atom is -0.355 e. The molecule has 9 heteroatoms. The van der Waals surface area contributed by atoms with Gasteiger partial charge in [-0.05, 0) is 43.2 Å². The van der Waals surface area contributed by atoms with Crippen molar-refractivity contribution in [1.29, 1.82) is 0 Å². The van der Waals surface area contributed by atoms with Crippen molar-refractivity contribution < 1.29 is 21.6 Å². The molecule has 0 amide bonds. The van der Waals surface area contributed by atoms with E-state index < -0.39 is 21.8 Å². The van der Waals surface area contributed by atoms with Crippen LogP contribution in [0.1, 0.15) is 17.5 Å². The van der Waals surface area contributed by atoms with Crippen LogP contribution in [-0.2, 0) is 16.2 Å². The molecule has 1 aromatic carbocycles. The van der Waals surface area contributed by atoms with Crippen molar-refractivity contribution in [3.8, 4) is 0 Å². The van der Waals surface area contributed by atoms with E-state index in [0.717, 1.165) is 17.8 Å². The van der Waals surface area contributed by atoms with Crippen LogP contribution in [0, 0.1) is 6.92 Å². The lowest BCUT2D eigenvalue weighted by atomic mass is 10.2. The maximum absolute atomic E-state index is 12.6. The molecule has 2 aromatic rings. The number of pyridine rings is 1. The minimum atomic E-state index is -4.43. The number of alkyl halides is 3. The highest BCUT2D eigenvalue weighted by molar-refractivity contribution is 7.89. The average Bonchev–Trinajstić information content (AvgIpc) is 3.02. The Bertz CT molecular complexity index is 883. The van der Waals surface area contributed by atoms with Crippen molar-refractivity contribution in [2.45, 2.75) is 30.5 Å². The Labute approximate surface area is 149 Å². The summed E-state index contributed by atoms with van der Waals surface area (Å²) in [6, 6.07) is 8.56. The first-order chi connectivity index (χ1) is 12.1. The largest absolute Gasteiger partial charge is 0.417 e. The predicted octanol–water partition coefficient (Wildman–Crippen LogP) is 2.97. The van der Waals surface area contributed by atoms with Crippen LogP contribution >= 0.6 is 0 Å². The number of nitrogens with zero attached hydrogens (tertiary/aromatic N) is 2. The fourth-order valence-corrected chi connectivity index (χ4v) is 4.24. The molecule has 0 radical (unpaired) electrons. The maximum Gasteiger partial charge on any atom is 0.417 e. The number of benzene rings is 1. The summed E-state index contributed by atoms with van der Waals surface area (Å²) in [7, 11) is -3.64. The lowest BCUT2D eigenvalue weighted by Gasteiger charge is -2.18. The average molecular weight is 385 g/mol. The second kappa shape index (κ2) is 6.88. The number of aryl methyl sites for hydroxylation is 1. The first-order valence-electron chi connectivity index (χ1n) is 8.02. The number of sulfonamides is 1. The summed E-state index contributed by atoms with van der Waals surface area (Å²) < 4.78 is 65.4. The van der Waals surface area contributed by atoms with E-state index in [1.165, 1.54) is 12.1 Å². The number of rotatable bonds is 4. The van der Waals surface area contributed by atoms with Crippen molar-refractivity contribution in [2.24, 2.45) is 0 Å². The van der Waals surface area contributed by atoms with Crippen LogP contribution in [0.2, 0.25) is 0 Å². The summed E-state index contributed by atoms with van der Waals surface area (Å²) in [6.45, 7) is 2.68. The van der Waals surface area contributed by atoms with E-state index in [0.29, 0.717) is 25.3 Å². The van der Waals surface area contributed by atoms with Gasteiger partial charge in [-0.2, -0.15) is 13.2 Å². The van der Waals surface area contributed by atoms with Crippen LogP contribution < -0.4 is 9.62 Å². The third kappa shape index (κ3) is 4.16. The SMILES string of the molecule is Cc1cccc(S(=O)(=O)NC2CCN(c3ccc(C(F)(F)F)cn3)C2)c1. The van der Waals surface area contributed by atoms with Crippen molar-refractivity contribution in [2.75, 3.05) is 18.0 Å². The smallest absolute Gasteiger partial charge is 0.355 e. The highest BCUT2D eigenvalue weighted by Gasteiger charge is 2.32. The summed E-state index contributed by atoms with van der Waals surface area (Å²) in [5, 5.41) is 0. The Morgan fingerprint density at radius 2 is 2.00 bits per heavy atom. The fraction of sp³-hybridized carbons (Fsp3) is 0.353. The molecule has 0 bridgehead atoms. The van der Waals surface area contributed by atoms with Crippen molar-refractivity contribution >= 4 is 15.8 Å². The second-order valence-electron chi connectivity index (χ2n) is 6.27. The predicted molar refractivity (Wildman–Crippen MR) is 91.4 cm³/mol. The molecule has 0 spiro atoms. The van der Waals surface area contributed by atoms with E-state index in [-0.39, 0.29) is 10.9 Å². The molecule has 1 N–H and O–H groups in total. The van der Waals surface area contributed by atoms with Gasteiger partial charge in [0.25, 0.3) is 0 Å². The van der Waals surface area contributed by atoms with Crippen molar-refractivity contribution in [1.82, 2.24) is 9.71 Å². The molecule has 1 aliphatic rings. The zero-order valence-electron chi connectivity index (χ0n) is 14.0. The van der Waals surface area contributed by atoms with Crippen LogP contribution in [0.15, 0.2) is 47.5 Å². The van der Waals surface area contributed by atoms with Crippen LogP contribution in [0.3, 0.4) is 0 Å². The molecule has 1 atom stereocenters. The molecule has 5 nitrogen and oxygen atoms in total. The van der Waals surface area contributed by atoms with Crippen molar-refractivity contribution in [3.05, 3.63) is 53.7 Å². The Hall–Kier alpha value is -2.13. The lowest BCUT2D eigenvalue weighted by Crippen LogP contribution is -2.37. The number of aromatic nitrogens is 1. The maximum atomic E-state index is 12.6. The van der Waals surface area contributed by atoms with Gasteiger partial charge in [0.1, 0.15) is 5.82 Å². The minimum absolute atomic E-state index is 0.198.